The summed E-state index contributed by atoms with van der Waals surface area (Å²) in [4.78, 5) is 11.3. The molecule has 4 nitrogen and oxygen atoms in total. The Hall–Kier alpha value is -0.910. The smallest absolute Gasteiger partial charge is 0.233 e. The quantitative estimate of drug-likeness (QED) is 0.614. The van der Waals surface area contributed by atoms with E-state index >= 15 is 0 Å². The van der Waals surface area contributed by atoms with Gasteiger partial charge in [-0.3, -0.25) is 4.79 Å². The Morgan fingerprint density at radius 1 is 1.59 bits per heavy atom. The summed E-state index contributed by atoms with van der Waals surface area (Å²) in [7, 11) is 0. The third-order valence-electron chi connectivity index (χ3n) is 2.40. The minimum Gasteiger partial charge on any atom is -0.387 e. The number of unbranched alkanes of at least 4 members (excludes halogenated alkanes) is 1. The largest absolute Gasteiger partial charge is 0.387 e. The normalized spacial score (nSPS) is 12.4. The number of hydrogen-bond acceptors (Lipinski definition) is 4. The van der Waals surface area contributed by atoms with Crippen molar-refractivity contribution in [3.63, 3.8) is 0 Å². The average molecular weight is 256 g/mol. The van der Waals surface area contributed by atoms with E-state index in [1.54, 1.807) is 11.3 Å². The molecule has 1 aromatic rings. The molecule has 0 aromatic carbocycles. The Kier molecular flexibility index (Phi) is 6.84. The Morgan fingerprint density at radius 2 is 2.41 bits per heavy atom. The second-order valence-corrected chi connectivity index (χ2v) is 4.69. The van der Waals surface area contributed by atoms with Gasteiger partial charge in [0.1, 0.15) is 0 Å². The Morgan fingerprint density at radius 3 is 3.06 bits per heavy atom. The molecule has 3 N–H and O–H groups in total. The van der Waals surface area contributed by atoms with E-state index in [4.69, 9.17) is 0 Å². The van der Waals surface area contributed by atoms with Crippen LogP contribution in [0.4, 0.5) is 0 Å². The summed E-state index contributed by atoms with van der Waals surface area (Å²) < 4.78 is 0. The molecule has 96 valence electrons. The van der Waals surface area contributed by atoms with Crippen LogP contribution < -0.4 is 10.6 Å². The van der Waals surface area contributed by atoms with Gasteiger partial charge < -0.3 is 15.7 Å². The van der Waals surface area contributed by atoms with E-state index in [2.05, 4.69) is 17.6 Å². The van der Waals surface area contributed by atoms with Gasteiger partial charge in [0.05, 0.1) is 12.6 Å². The van der Waals surface area contributed by atoms with Crippen LogP contribution in [-0.2, 0) is 4.79 Å². The number of carbonyl (C=O) groups excluding carboxylic acids is 1. The van der Waals surface area contributed by atoms with Crippen LogP contribution in [-0.4, -0.2) is 30.6 Å². The lowest BCUT2D eigenvalue weighted by Gasteiger charge is -2.10. The molecule has 1 rings (SSSR count). The van der Waals surface area contributed by atoms with Crippen LogP contribution in [0.1, 0.15) is 31.4 Å². The van der Waals surface area contributed by atoms with Gasteiger partial charge in [0.25, 0.3) is 0 Å². The molecule has 0 saturated carbocycles. The zero-order valence-electron chi connectivity index (χ0n) is 10.1. The zero-order chi connectivity index (χ0) is 12.5. The molecule has 1 amide bonds. The van der Waals surface area contributed by atoms with E-state index in [-0.39, 0.29) is 12.5 Å². The van der Waals surface area contributed by atoms with E-state index in [0.29, 0.717) is 6.54 Å². The van der Waals surface area contributed by atoms with Crippen LogP contribution >= 0.6 is 11.3 Å². The second-order valence-electron chi connectivity index (χ2n) is 3.91. The summed E-state index contributed by atoms with van der Waals surface area (Å²) in [5.41, 5.74) is 0.897. The van der Waals surface area contributed by atoms with Crippen molar-refractivity contribution in [2.45, 2.75) is 25.9 Å². The molecule has 0 spiro atoms. The van der Waals surface area contributed by atoms with Gasteiger partial charge in [0.2, 0.25) is 5.91 Å². The average Bonchev–Trinajstić information content (AvgIpc) is 2.82. The van der Waals surface area contributed by atoms with Gasteiger partial charge >= 0.3 is 0 Å². The van der Waals surface area contributed by atoms with E-state index < -0.39 is 6.10 Å². The maximum Gasteiger partial charge on any atom is 0.233 e. The zero-order valence-corrected chi connectivity index (χ0v) is 10.9. The van der Waals surface area contributed by atoms with Gasteiger partial charge in [-0.2, -0.15) is 11.3 Å². The van der Waals surface area contributed by atoms with Crippen molar-refractivity contribution >= 4 is 17.2 Å². The molecule has 1 unspecified atom stereocenters. The minimum atomic E-state index is -0.537. The lowest BCUT2D eigenvalue weighted by Crippen LogP contribution is -2.36. The molecule has 0 aliphatic rings. The van der Waals surface area contributed by atoms with Crippen molar-refractivity contribution in [3.05, 3.63) is 22.4 Å². The fourth-order valence-electron chi connectivity index (χ4n) is 1.37. The molecule has 1 heterocycles. The number of nitrogens with one attached hydrogen (secondary N) is 2. The standard InChI is InChI=1S/C12H20N2O2S/c1-2-3-5-14-12(16)8-13-7-11(15)10-4-6-17-9-10/h4,6,9,11,13,15H,2-3,5,7-8H2,1H3,(H,14,16). The fraction of sp³-hybridized carbons (Fsp3) is 0.583. The molecule has 0 aliphatic heterocycles. The number of hydrogen-bond donors (Lipinski definition) is 3. The van der Waals surface area contributed by atoms with E-state index in [9.17, 15) is 9.90 Å². The maximum absolute atomic E-state index is 11.3. The topological polar surface area (TPSA) is 61.4 Å². The van der Waals surface area contributed by atoms with Crippen LogP contribution in [0.5, 0.6) is 0 Å². The predicted octanol–water partition coefficient (Wildman–Crippen LogP) is 1.29. The monoisotopic (exact) mass is 256 g/mol. The molecule has 17 heavy (non-hydrogen) atoms. The van der Waals surface area contributed by atoms with Crippen LogP contribution in [0.25, 0.3) is 0 Å². The number of carbonyl (C=O) groups is 1. The van der Waals surface area contributed by atoms with Gasteiger partial charge in [-0.05, 0) is 28.8 Å². The molecule has 0 fully saturated rings. The highest BCUT2D eigenvalue weighted by molar-refractivity contribution is 7.07. The van der Waals surface area contributed by atoms with Gasteiger partial charge in [-0.25, -0.2) is 0 Å². The third-order valence-corrected chi connectivity index (χ3v) is 3.11. The molecule has 1 aromatic heterocycles. The molecular weight excluding hydrogens is 236 g/mol. The van der Waals surface area contributed by atoms with E-state index in [1.807, 2.05) is 16.8 Å². The van der Waals surface area contributed by atoms with Crippen molar-refractivity contribution in [2.24, 2.45) is 0 Å². The van der Waals surface area contributed by atoms with Crippen molar-refractivity contribution < 1.29 is 9.90 Å². The molecule has 0 bridgehead atoms. The first-order valence-corrected chi connectivity index (χ1v) is 6.86. The maximum atomic E-state index is 11.3. The lowest BCUT2D eigenvalue weighted by atomic mass is 10.2. The minimum absolute atomic E-state index is 0.0176. The third kappa shape index (κ3) is 5.81. The van der Waals surface area contributed by atoms with Crippen molar-refractivity contribution in [1.29, 1.82) is 0 Å². The van der Waals surface area contributed by atoms with Crippen LogP contribution in [0.15, 0.2) is 16.8 Å². The van der Waals surface area contributed by atoms with Crippen LogP contribution in [0.3, 0.4) is 0 Å². The fourth-order valence-corrected chi connectivity index (χ4v) is 2.08. The molecule has 1 atom stereocenters. The lowest BCUT2D eigenvalue weighted by molar-refractivity contribution is -0.120. The summed E-state index contributed by atoms with van der Waals surface area (Å²) in [6, 6.07) is 1.89. The van der Waals surface area contributed by atoms with Crippen molar-refractivity contribution in [3.8, 4) is 0 Å². The number of aliphatic hydroxyl groups is 1. The van der Waals surface area contributed by atoms with Gasteiger partial charge in [0, 0.05) is 13.1 Å². The molecule has 5 heteroatoms. The molecule has 0 radical (unpaired) electrons. The number of amides is 1. The second kappa shape index (κ2) is 8.22. The predicted molar refractivity (Wildman–Crippen MR) is 70.1 cm³/mol. The molecule has 0 saturated heterocycles. The Balaban J connectivity index is 2.09. The summed E-state index contributed by atoms with van der Waals surface area (Å²) >= 11 is 1.55. The SMILES string of the molecule is CCCCNC(=O)CNCC(O)c1ccsc1. The molecular formula is C12H20N2O2S. The van der Waals surface area contributed by atoms with Crippen LogP contribution in [0.2, 0.25) is 0 Å². The highest BCUT2D eigenvalue weighted by Crippen LogP contribution is 2.14. The van der Waals surface area contributed by atoms with Gasteiger partial charge in [-0.1, -0.05) is 13.3 Å². The first-order chi connectivity index (χ1) is 8.24. The first kappa shape index (κ1) is 14.2. The number of rotatable bonds is 8. The number of thiophene rings is 1. The molecule has 0 aliphatic carbocycles. The van der Waals surface area contributed by atoms with Gasteiger partial charge in [0.15, 0.2) is 0 Å². The van der Waals surface area contributed by atoms with Crippen molar-refractivity contribution in [2.75, 3.05) is 19.6 Å². The first-order valence-electron chi connectivity index (χ1n) is 5.91. The highest BCUT2D eigenvalue weighted by Gasteiger charge is 2.08. The summed E-state index contributed by atoms with van der Waals surface area (Å²) in [6.45, 7) is 3.47. The van der Waals surface area contributed by atoms with Gasteiger partial charge in [-0.15, -0.1) is 0 Å². The number of aliphatic hydroxyl groups excluding tert-OH is 1. The summed E-state index contributed by atoms with van der Waals surface area (Å²) in [5, 5.41) is 19.3. The Bertz CT molecular complexity index is 314. The summed E-state index contributed by atoms with van der Waals surface area (Å²) in [5.74, 6) is -0.0176. The summed E-state index contributed by atoms with van der Waals surface area (Å²) in [6.07, 6.45) is 1.54. The van der Waals surface area contributed by atoms with Crippen molar-refractivity contribution in [1.82, 2.24) is 10.6 Å². The highest BCUT2D eigenvalue weighted by atomic mass is 32.1. The Labute approximate surface area is 106 Å². The van der Waals surface area contributed by atoms with E-state index in [1.165, 1.54) is 0 Å². The van der Waals surface area contributed by atoms with Crippen LogP contribution in [0, 0.1) is 0 Å². The van der Waals surface area contributed by atoms with E-state index in [0.717, 1.165) is 24.9 Å².